The number of ether oxygens (including phenoxy) is 1. The van der Waals surface area contributed by atoms with E-state index in [-0.39, 0.29) is 0 Å². The molecule has 0 bridgehead atoms. The quantitative estimate of drug-likeness (QED) is 0.535. The number of aromatic nitrogens is 1. The number of carbonyl (C=O) groups is 2. The number of benzene rings is 2. The molecule has 3 rings (SSSR count). The molecule has 98 valence electrons. The third-order valence-electron chi connectivity index (χ3n) is 2.76. The highest BCUT2D eigenvalue weighted by atomic mass is 32.1. The van der Waals surface area contributed by atoms with Gasteiger partial charge in [-0.25, -0.2) is 14.6 Å². The lowest BCUT2D eigenvalue weighted by Gasteiger charge is -2.03. The van der Waals surface area contributed by atoms with Gasteiger partial charge < -0.3 is 4.74 Å². The molecule has 0 radical (unpaired) electrons. The molecule has 0 unspecified atom stereocenters. The van der Waals surface area contributed by atoms with Gasteiger partial charge in [-0.3, -0.25) is 0 Å². The van der Waals surface area contributed by atoms with Crippen LogP contribution in [0, 0.1) is 0 Å². The van der Waals surface area contributed by atoms with E-state index in [0.29, 0.717) is 11.1 Å². The summed E-state index contributed by atoms with van der Waals surface area (Å²) in [5.74, 6) is -1.31. The maximum Gasteiger partial charge on any atom is 0.346 e. The molecule has 0 amide bonds. The second-order valence-electron chi connectivity index (χ2n) is 4.08. The average Bonchev–Trinajstić information content (AvgIpc) is 2.95. The summed E-state index contributed by atoms with van der Waals surface area (Å²) in [7, 11) is 0. The molecule has 0 aliphatic carbocycles. The molecule has 0 aliphatic heterocycles. The first kappa shape index (κ1) is 12.5. The van der Waals surface area contributed by atoms with Crippen LogP contribution in [-0.2, 0) is 4.74 Å². The van der Waals surface area contributed by atoms with Gasteiger partial charge in [0.1, 0.15) is 0 Å². The monoisotopic (exact) mass is 283 g/mol. The van der Waals surface area contributed by atoms with Gasteiger partial charge in [-0.15, -0.1) is 11.3 Å². The Bertz CT molecular complexity index is 780. The van der Waals surface area contributed by atoms with Crippen molar-refractivity contribution in [2.45, 2.75) is 0 Å². The van der Waals surface area contributed by atoms with Gasteiger partial charge in [0.25, 0.3) is 0 Å². The molecule has 20 heavy (non-hydrogen) atoms. The molecule has 0 saturated carbocycles. The van der Waals surface area contributed by atoms with E-state index in [1.807, 2.05) is 0 Å². The van der Waals surface area contributed by atoms with E-state index < -0.39 is 11.9 Å². The minimum absolute atomic E-state index is 0.339. The summed E-state index contributed by atoms with van der Waals surface area (Å²) < 4.78 is 5.74. The van der Waals surface area contributed by atoms with Gasteiger partial charge in [0.05, 0.1) is 26.9 Å². The van der Waals surface area contributed by atoms with E-state index in [0.717, 1.165) is 10.2 Å². The Kier molecular flexibility index (Phi) is 3.26. The summed E-state index contributed by atoms with van der Waals surface area (Å²) in [5.41, 5.74) is 3.21. The predicted molar refractivity (Wildman–Crippen MR) is 75.8 cm³/mol. The van der Waals surface area contributed by atoms with Crippen molar-refractivity contribution in [1.82, 2.24) is 4.98 Å². The molecule has 0 fully saturated rings. The van der Waals surface area contributed by atoms with Gasteiger partial charge in [-0.2, -0.15) is 0 Å². The minimum atomic E-state index is -0.658. The molecular weight excluding hydrogens is 274 g/mol. The molecule has 5 heteroatoms. The van der Waals surface area contributed by atoms with Crippen LogP contribution in [0.4, 0.5) is 0 Å². The van der Waals surface area contributed by atoms with Crippen LogP contribution in [-0.4, -0.2) is 16.9 Å². The maximum absolute atomic E-state index is 11.9. The second kappa shape index (κ2) is 5.22. The zero-order valence-corrected chi connectivity index (χ0v) is 11.1. The standard InChI is InChI=1S/C15H9NO3S/c17-14(10-4-2-1-3-5-10)19-15(18)11-6-7-12-13(8-11)20-9-16-12/h1-9H. The molecule has 1 heterocycles. The summed E-state index contributed by atoms with van der Waals surface area (Å²) in [5, 5.41) is 0. The lowest BCUT2D eigenvalue weighted by molar-refractivity contribution is 0.0398. The zero-order chi connectivity index (χ0) is 13.9. The van der Waals surface area contributed by atoms with Gasteiger partial charge in [-0.05, 0) is 30.3 Å². The highest BCUT2D eigenvalue weighted by Gasteiger charge is 2.15. The number of esters is 2. The number of thiazole rings is 1. The topological polar surface area (TPSA) is 56.3 Å². The van der Waals surface area contributed by atoms with Crippen LogP contribution in [0.5, 0.6) is 0 Å². The summed E-state index contributed by atoms with van der Waals surface area (Å²) >= 11 is 1.43. The van der Waals surface area contributed by atoms with Crippen molar-refractivity contribution < 1.29 is 14.3 Å². The largest absolute Gasteiger partial charge is 0.386 e. The van der Waals surface area contributed by atoms with Crippen molar-refractivity contribution in [3.63, 3.8) is 0 Å². The predicted octanol–water partition coefficient (Wildman–Crippen LogP) is 3.29. The number of carbonyl (C=O) groups excluding carboxylic acids is 2. The molecule has 1 aromatic heterocycles. The molecule has 4 nitrogen and oxygen atoms in total. The number of hydrogen-bond acceptors (Lipinski definition) is 5. The Balaban J connectivity index is 1.80. The van der Waals surface area contributed by atoms with Crippen LogP contribution >= 0.6 is 11.3 Å². The van der Waals surface area contributed by atoms with Gasteiger partial charge >= 0.3 is 11.9 Å². The Labute approximate surface area is 118 Å². The third-order valence-corrected chi connectivity index (χ3v) is 3.55. The van der Waals surface area contributed by atoms with E-state index in [1.54, 1.807) is 54.0 Å². The Morgan fingerprint density at radius 1 is 0.950 bits per heavy atom. The Morgan fingerprint density at radius 3 is 2.50 bits per heavy atom. The fourth-order valence-electron chi connectivity index (χ4n) is 1.76. The first-order valence-electron chi connectivity index (χ1n) is 5.89. The van der Waals surface area contributed by atoms with E-state index in [2.05, 4.69) is 4.98 Å². The van der Waals surface area contributed by atoms with Crippen LogP contribution in [0.25, 0.3) is 10.2 Å². The summed E-state index contributed by atoms with van der Waals surface area (Å²) in [4.78, 5) is 27.9. The number of fused-ring (bicyclic) bond motifs is 1. The smallest absolute Gasteiger partial charge is 0.346 e. The molecule has 2 aromatic carbocycles. The van der Waals surface area contributed by atoms with E-state index in [4.69, 9.17) is 4.74 Å². The normalized spacial score (nSPS) is 10.4. The van der Waals surface area contributed by atoms with Crippen LogP contribution in [0.1, 0.15) is 20.7 Å². The highest BCUT2D eigenvalue weighted by molar-refractivity contribution is 7.16. The lowest BCUT2D eigenvalue weighted by Crippen LogP contribution is -2.12. The summed E-state index contributed by atoms with van der Waals surface area (Å²) in [6.07, 6.45) is 0. The molecule has 0 N–H and O–H groups in total. The Morgan fingerprint density at radius 2 is 1.70 bits per heavy atom. The van der Waals surface area contributed by atoms with Crippen LogP contribution < -0.4 is 0 Å². The molecule has 3 aromatic rings. The fraction of sp³-hybridized carbons (Fsp3) is 0. The van der Waals surface area contributed by atoms with Crippen molar-refractivity contribution in [3.05, 3.63) is 65.2 Å². The van der Waals surface area contributed by atoms with Gasteiger partial charge in [0.15, 0.2) is 0 Å². The lowest BCUT2D eigenvalue weighted by atomic mass is 10.2. The molecule has 0 aliphatic rings. The molecule has 0 saturated heterocycles. The second-order valence-corrected chi connectivity index (χ2v) is 4.96. The van der Waals surface area contributed by atoms with Crippen molar-refractivity contribution in [2.75, 3.05) is 0 Å². The highest BCUT2D eigenvalue weighted by Crippen LogP contribution is 2.19. The fourth-order valence-corrected chi connectivity index (χ4v) is 2.47. The first-order valence-corrected chi connectivity index (χ1v) is 6.77. The third kappa shape index (κ3) is 2.44. The van der Waals surface area contributed by atoms with Crippen molar-refractivity contribution in [2.24, 2.45) is 0 Å². The summed E-state index contributed by atoms with van der Waals surface area (Å²) in [6, 6.07) is 13.4. The number of nitrogens with zero attached hydrogens (tertiary/aromatic N) is 1. The van der Waals surface area contributed by atoms with Crippen molar-refractivity contribution >= 4 is 33.5 Å². The van der Waals surface area contributed by atoms with Crippen molar-refractivity contribution in [3.8, 4) is 0 Å². The Hall–Kier alpha value is -2.53. The maximum atomic E-state index is 11.9. The SMILES string of the molecule is O=C(OC(=O)c1ccc2ncsc2c1)c1ccccc1. The van der Waals surface area contributed by atoms with Crippen molar-refractivity contribution in [1.29, 1.82) is 0 Å². The zero-order valence-electron chi connectivity index (χ0n) is 10.3. The summed E-state index contributed by atoms with van der Waals surface area (Å²) in [6.45, 7) is 0. The molecule has 0 spiro atoms. The molecule has 0 atom stereocenters. The number of hydrogen-bond donors (Lipinski definition) is 0. The van der Waals surface area contributed by atoms with E-state index >= 15 is 0 Å². The first-order chi connectivity index (χ1) is 9.74. The van der Waals surface area contributed by atoms with Crippen LogP contribution in [0.3, 0.4) is 0 Å². The minimum Gasteiger partial charge on any atom is -0.386 e. The van der Waals surface area contributed by atoms with Gasteiger partial charge in [0, 0.05) is 0 Å². The van der Waals surface area contributed by atoms with Crippen LogP contribution in [0.15, 0.2) is 54.0 Å². The van der Waals surface area contributed by atoms with Gasteiger partial charge in [0.2, 0.25) is 0 Å². The average molecular weight is 283 g/mol. The molecular formula is C15H9NO3S. The van der Waals surface area contributed by atoms with E-state index in [1.165, 1.54) is 11.3 Å². The van der Waals surface area contributed by atoms with Gasteiger partial charge in [-0.1, -0.05) is 18.2 Å². The van der Waals surface area contributed by atoms with E-state index in [9.17, 15) is 9.59 Å². The number of rotatable bonds is 2. The van der Waals surface area contributed by atoms with Crippen LogP contribution in [0.2, 0.25) is 0 Å².